The molecular weight excluding hydrogens is 334 g/mol. The third-order valence-electron chi connectivity index (χ3n) is 3.46. The minimum Gasteiger partial charge on any atom is -0.350 e. The summed E-state index contributed by atoms with van der Waals surface area (Å²) >= 11 is 5.21. The molecule has 0 saturated heterocycles. The van der Waals surface area contributed by atoms with Crippen LogP contribution in [0.15, 0.2) is 48.5 Å². The van der Waals surface area contributed by atoms with Crippen molar-refractivity contribution in [1.29, 1.82) is 0 Å². The van der Waals surface area contributed by atoms with E-state index in [9.17, 15) is 9.59 Å². The minimum atomic E-state index is -0.292. The van der Waals surface area contributed by atoms with Crippen molar-refractivity contribution < 1.29 is 9.59 Å². The molecule has 2 rings (SSSR count). The first-order valence-electron chi connectivity index (χ1n) is 7.96. The van der Waals surface area contributed by atoms with Crippen molar-refractivity contribution in [3.05, 3.63) is 65.2 Å². The van der Waals surface area contributed by atoms with Crippen LogP contribution in [-0.4, -0.2) is 23.0 Å². The second kappa shape index (κ2) is 8.39. The predicted molar refractivity (Wildman–Crippen MR) is 104 cm³/mol. The average molecular weight is 355 g/mol. The van der Waals surface area contributed by atoms with Crippen LogP contribution in [0.5, 0.6) is 0 Å². The number of anilines is 1. The Kier molecular flexibility index (Phi) is 6.25. The monoisotopic (exact) mass is 355 g/mol. The van der Waals surface area contributed by atoms with Gasteiger partial charge in [-0.25, -0.2) is 0 Å². The van der Waals surface area contributed by atoms with Crippen LogP contribution in [0.3, 0.4) is 0 Å². The molecule has 0 aliphatic carbocycles. The van der Waals surface area contributed by atoms with E-state index in [4.69, 9.17) is 12.2 Å². The van der Waals surface area contributed by atoms with Crippen LogP contribution >= 0.6 is 12.2 Å². The van der Waals surface area contributed by atoms with Crippen molar-refractivity contribution in [3.8, 4) is 0 Å². The Bertz CT molecular complexity index is 803. The summed E-state index contributed by atoms with van der Waals surface area (Å²) in [6, 6.07) is 14.3. The smallest absolute Gasteiger partial charge is 0.257 e. The molecule has 0 radical (unpaired) electrons. The zero-order valence-corrected chi connectivity index (χ0v) is 15.2. The molecule has 2 aromatic rings. The number of hydrogen-bond acceptors (Lipinski definition) is 3. The summed E-state index contributed by atoms with van der Waals surface area (Å²) < 4.78 is 0. The number of nitrogens with one attached hydrogen (secondary N) is 3. The predicted octanol–water partition coefficient (Wildman–Crippen LogP) is 3.26. The van der Waals surface area contributed by atoms with Crippen molar-refractivity contribution >= 4 is 34.8 Å². The van der Waals surface area contributed by atoms with Crippen LogP contribution in [0.25, 0.3) is 0 Å². The molecular formula is C19H21N3O2S. The van der Waals surface area contributed by atoms with E-state index in [2.05, 4.69) is 16.0 Å². The maximum Gasteiger partial charge on any atom is 0.257 e. The summed E-state index contributed by atoms with van der Waals surface area (Å²) in [5.41, 5.74) is 2.41. The van der Waals surface area contributed by atoms with E-state index in [1.54, 1.807) is 36.4 Å². The molecule has 130 valence electrons. The lowest BCUT2D eigenvalue weighted by atomic mass is 10.1. The zero-order valence-electron chi connectivity index (χ0n) is 14.4. The van der Waals surface area contributed by atoms with E-state index in [1.807, 2.05) is 32.9 Å². The Labute approximate surface area is 152 Å². The standard InChI is InChI=1S/C19H21N3O2S/c1-12(2)20-18(24)15-10-6-7-11-16(15)21-19(25)22-17(23)14-9-5-4-8-13(14)3/h4-12H,1-3H3,(H,20,24)(H2,21,22,23,25). The number of benzene rings is 2. The third kappa shape index (κ3) is 5.12. The molecule has 0 fully saturated rings. The molecule has 0 aliphatic heterocycles. The Morgan fingerprint density at radius 1 is 0.920 bits per heavy atom. The first-order chi connectivity index (χ1) is 11.9. The number of rotatable bonds is 4. The maximum absolute atomic E-state index is 12.3. The molecule has 5 nitrogen and oxygen atoms in total. The van der Waals surface area contributed by atoms with Gasteiger partial charge in [-0.2, -0.15) is 0 Å². The molecule has 0 bridgehead atoms. The molecule has 0 aliphatic rings. The van der Waals surface area contributed by atoms with Crippen LogP contribution in [0, 0.1) is 6.92 Å². The van der Waals surface area contributed by atoms with Crippen molar-refractivity contribution in [2.75, 3.05) is 5.32 Å². The summed E-state index contributed by atoms with van der Waals surface area (Å²) in [6.45, 7) is 5.64. The fraction of sp³-hybridized carbons (Fsp3) is 0.211. The van der Waals surface area contributed by atoms with Gasteiger partial charge in [0.1, 0.15) is 0 Å². The topological polar surface area (TPSA) is 70.2 Å². The highest BCUT2D eigenvalue weighted by Gasteiger charge is 2.14. The van der Waals surface area contributed by atoms with Gasteiger partial charge in [-0.3, -0.25) is 14.9 Å². The molecule has 0 atom stereocenters. The van der Waals surface area contributed by atoms with E-state index < -0.39 is 0 Å². The Morgan fingerprint density at radius 3 is 2.16 bits per heavy atom. The second-order valence-corrected chi connectivity index (χ2v) is 6.31. The molecule has 0 unspecified atom stereocenters. The van der Waals surface area contributed by atoms with E-state index in [0.717, 1.165) is 5.56 Å². The first kappa shape index (κ1) is 18.6. The van der Waals surface area contributed by atoms with Gasteiger partial charge in [-0.1, -0.05) is 30.3 Å². The van der Waals surface area contributed by atoms with Crippen molar-refractivity contribution in [2.24, 2.45) is 0 Å². The van der Waals surface area contributed by atoms with Crippen LogP contribution in [0.1, 0.15) is 40.1 Å². The minimum absolute atomic E-state index is 0.0215. The zero-order chi connectivity index (χ0) is 18.4. The summed E-state index contributed by atoms with van der Waals surface area (Å²) in [5, 5.41) is 8.54. The number of aryl methyl sites for hydroxylation is 1. The number of para-hydroxylation sites is 1. The SMILES string of the molecule is Cc1ccccc1C(=O)NC(=S)Nc1ccccc1C(=O)NC(C)C. The Morgan fingerprint density at radius 2 is 1.52 bits per heavy atom. The molecule has 2 aromatic carbocycles. The molecule has 2 amide bonds. The van der Waals surface area contributed by atoms with Gasteiger partial charge in [-0.15, -0.1) is 0 Å². The number of amides is 2. The van der Waals surface area contributed by atoms with Gasteiger partial charge in [-0.05, 0) is 56.8 Å². The molecule has 0 saturated carbocycles. The molecule has 3 N–H and O–H groups in total. The van der Waals surface area contributed by atoms with E-state index in [1.165, 1.54) is 0 Å². The fourth-order valence-electron chi connectivity index (χ4n) is 2.28. The normalized spacial score (nSPS) is 10.2. The first-order valence-corrected chi connectivity index (χ1v) is 8.37. The van der Waals surface area contributed by atoms with Crippen molar-refractivity contribution in [3.63, 3.8) is 0 Å². The van der Waals surface area contributed by atoms with Gasteiger partial charge in [0.05, 0.1) is 11.3 Å². The van der Waals surface area contributed by atoms with Crippen LogP contribution in [0.4, 0.5) is 5.69 Å². The summed E-state index contributed by atoms with van der Waals surface area (Å²) in [6.07, 6.45) is 0. The van der Waals surface area contributed by atoms with Crippen LogP contribution in [0.2, 0.25) is 0 Å². The average Bonchev–Trinajstić information content (AvgIpc) is 2.54. The van der Waals surface area contributed by atoms with Gasteiger partial charge in [0.2, 0.25) is 0 Å². The van der Waals surface area contributed by atoms with E-state index in [0.29, 0.717) is 16.8 Å². The summed E-state index contributed by atoms with van der Waals surface area (Å²) in [7, 11) is 0. The van der Waals surface area contributed by atoms with Crippen LogP contribution < -0.4 is 16.0 Å². The van der Waals surface area contributed by atoms with Gasteiger partial charge in [0.25, 0.3) is 11.8 Å². The molecule has 0 heterocycles. The highest BCUT2D eigenvalue weighted by Crippen LogP contribution is 2.15. The van der Waals surface area contributed by atoms with Gasteiger partial charge >= 0.3 is 0 Å². The lowest BCUT2D eigenvalue weighted by Gasteiger charge is -2.15. The van der Waals surface area contributed by atoms with Crippen molar-refractivity contribution in [2.45, 2.75) is 26.8 Å². The van der Waals surface area contributed by atoms with Gasteiger partial charge in [0.15, 0.2) is 5.11 Å². The molecule has 6 heteroatoms. The highest BCUT2D eigenvalue weighted by atomic mass is 32.1. The number of carbonyl (C=O) groups is 2. The fourth-order valence-corrected chi connectivity index (χ4v) is 2.48. The van der Waals surface area contributed by atoms with E-state index >= 15 is 0 Å². The second-order valence-electron chi connectivity index (χ2n) is 5.90. The molecule has 25 heavy (non-hydrogen) atoms. The largest absolute Gasteiger partial charge is 0.350 e. The third-order valence-corrected chi connectivity index (χ3v) is 3.66. The molecule has 0 aromatic heterocycles. The number of thiocarbonyl (C=S) groups is 1. The lowest BCUT2D eigenvalue weighted by Crippen LogP contribution is -2.36. The highest BCUT2D eigenvalue weighted by molar-refractivity contribution is 7.80. The Balaban J connectivity index is 2.10. The van der Waals surface area contributed by atoms with Crippen LogP contribution in [-0.2, 0) is 0 Å². The lowest BCUT2D eigenvalue weighted by molar-refractivity contribution is 0.0942. The molecule has 0 spiro atoms. The maximum atomic E-state index is 12.3. The number of hydrogen-bond donors (Lipinski definition) is 3. The number of carbonyl (C=O) groups excluding carboxylic acids is 2. The summed E-state index contributed by atoms with van der Waals surface area (Å²) in [5.74, 6) is -0.495. The quantitative estimate of drug-likeness (QED) is 0.736. The van der Waals surface area contributed by atoms with Crippen molar-refractivity contribution in [1.82, 2.24) is 10.6 Å². The Hall–Kier alpha value is -2.73. The van der Waals surface area contributed by atoms with E-state index in [-0.39, 0.29) is 23.0 Å². The van der Waals surface area contributed by atoms with Gasteiger partial charge in [0, 0.05) is 11.6 Å². The summed E-state index contributed by atoms with van der Waals surface area (Å²) in [4.78, 5) is 24.6. The van der Waals surface area contributed by atoms with Gasteiger partial charge < -0.3 is 10.6 Å².